The van der Waals surface area contributed by atoms with Crippen LogP contribution in [-0.2, 0) is 9.53 Å². The quantitative estimate of drug-likeness (QED) is 0.377. The van der Waals surface area contributed by atoms with Gasteiger partial charge in [-0.05, 0) is 42.5 Å². The molecule has 0 saturated heterocycles. The standard InChI is InChI=1S/C23H22O8/c1-26-19-11-15(12-20(27-2)23(19)29-4)22(25)16-10-14(17-6-5-9-30-17)7-8-18(16)31-13-21(24)28-3/h5-12H,13H2,1-4H3. The van der Waals surface area contributed by atoms with Gasteiger partial charge in [0.05, 0.1) is 40.3 Å². The van der Waals surface area contributed by atoms with Crippen LogP contribution in [0.15, 0.2) is 53.1 Å². The summed E-state index contributed by atoms with van der Waals surface area (Å²) in [4.78, 5) is 25.0. The Morgan fingerprint density at radius 3 is 2.13 bits per heavy atom. The van der Waals surface area contributed by atoms with Crippen LogP contribution >= 0.6 is 0 Å². The molecule has 3 aromatic rings. The van der Waals surface area contributed by atoms with Gasteiger partial charge in [-0.25, -0.2) is 4.79 Å². The molecule has 0 saturated carbocycles. The van der Waals surface area contributed by atoms with Crippen LogP contribution in [0, 0.1) is 0 Å². The highest BCUT2D eigenvalue weighted by molar-refractivity contribution is 6.12. The van der Waals surface area contributed by atoms with Crippen molar-refractivity contribution in [3.8, 4) is 34.3 Å². The van der Waals surface area contributed by atoms with Crippen LogP contribution in [0.25, 0.3) is 11.3 Å². The Kier molecular flexibility index (Phi) is 6.81. The summed E-state index contributed by atoms with van der Waals surface area (Å²) < 4.78 is 31.6. The number of carbonyl (C=O) groups is 2. The molecule has 8 heteroatoms. The fourth-order valence-corrected chi connectivity index (χ4v) is 2.99. The smallest absolute Gasteiger partial charge is 0.343 e. The summed E-state index contributed by atoms with van der Waals surface area (Å²) in [5.74, 6) is 0.911. The van der Waals surface area contributed by atoms with Gasteiger partial charge in [-0.3, -0.25) is 4.79 Å². The topological polar surface area (TPSA) is 93.4 Å². The summed E-state index contributed by atoms with van der Waals surface area (Å²) in [6.07, 6.45) is 1.54. The number of hydrogen-bond acceptors (Lipinski definition) is 8. The minimum atomic E-state index is -0.568. The Labute approximate surface area is 179 Å². The van der Waals surface area contributed by atoms with E-state index in [9.17, 15) is 9.59 Å². The van der Waals surface area contributed by atoms with E-state index in [1.165, 1.54) is 34.7 Å². The summed E-state index contributed by atoms with van der Waals surface area (Å²) in [6, 6.07) is 11.6. The maximum absolute atomic E-state index is 13.5. The van der Waals surface area contributed by atoms with E-state index in [4.69, 9.17) is 23.4 Å². The predicted octanol–water partition coefficient (Wildman–Crippen LogP) is 3.76. The first-order valence-corrected chi connectivity index (χ1v) is 9.24. The molecule has 2 aromatic carbocycles. The van der Waals surface area contributed by atoms with Crippen molar-refractivity contribution in [2.45, 2.75) is 0 Å². The molecule has 8 nitrogen and oxygen atoms in total. The maximum Gasteiger partial charge on any atom is 0.343 e. The number of ether oxygens (including phenoxy) is 5. The molecule has 0 aliphatic rings. The number of carbonyl (C=O) groups excluding carboxylic acids is 2. The van der Waals surface area contributed by atoms with Crippen LogP contribution < -0.4 is 18.9 Å². The molecule has 0 unspecified atom stereocenters. The van der Waals surface area contributed by atoms with E-state index in [1.54, 1.807) is 42.5 Å². The third kappa shape index (κ3) is 4.63. The largest absolute Gasteiger partial charge is 0.493 e. The number of esters is 1. The number of rotatable bonds is 9. The molecule has 0 fully saturated rings. The molecule has 162 valence electrons. The fourth-order valence-electron chi connectivity index (χ4n) is 2.99. The maximum atomic E-state index is 13.5. The zero-order chi connectivity index (χ0) is 22.4. The Morgan fingerprint density at radius 1 is 0.871 bits per heavy atom. The minimum absolute atomic E-state index is 0.222. The third-order valence-electron chi connectivity index (χ3n) is 4.53. The monoisotopic (exact) mass is 426 g/mol. The number of methoxy groups -OCH3 is 4. The SMILES string of the molecule is COC(=O)COc1ccc(-c2ccco2)cc1C(=O)c1cc(OC)c(OC)c(OC)c1. The molecule has 0 N–H and O–H groups in total. The minimum Gasteiger partial charge on any atom is -0.493 e. The van der Waals surface area contributed by atoms with E-state index in [0.29, 0.717) is 28.6 Å². The Hall–Kier alpha value is -3.94. The molecule has 0 amide bonds. The first kappa shape index (κ1) is 21.8. The molecular formula is C23H22O8. The highest BCUT2D eigenvalue weighted by Crippen LogP contribution is 2.39. The van der Waals surface area contributed by atoms with Crippen LogP contribution in [0.4, 0.5) is 0 Å². The summed E-state index contributed by atoms with van der Waals surface area (Å²) >= 11 is 0. The van der Waals surface area contributed by atoms with Gasteiger partial charge >= 0.3 is 5.97 Å². The van der Waals surface area contributed by atoms with E-state index >= 15 is 0 Å². The van der Waals surface area contributed by atoms with Gasteiger partial charge in [0.25, 0.3) is 0 Å². The van der Waals surface area contributed by atoms with Crippen molar-refractivity contribution < 1.29 is 37.7 Å². The molecule has 0 atom stereocenters. The zero-order valence-electron chi connectivity index (χ0n) is 17.6. The Morgan fingerprint density at radius 2 is 1.58 bits per heavy atom. The molecule has 1 heterocycles. The van der Waals surface area contributed by atoms with E-state index in [2.05, 4.69) is 4.74 Å². The zero-order valence-corrected chi connectivity index (χ0v) is 17.6. The third-order valence-corrected chi connectivity index (χ3v) is 4.53. The number of ketones is 1. The first-order valence-electron chi connectivity index (χ1n) is 9.24. The lowest BCUT2D eigenvalue weighted by atomic mass is 9.98. The average molecular weight is 426 g/mol. The van der Waals surface area contributed by atoms with Crippen molar-refractivity contribution in [1.29, 1.82) is 0 Å². The second kappa shape index (κ2) is 9.71. The molecule has 0 spiro atoms. The van der Waals surface area contributed by atoms with Gasteiger partial charge in [0.1, 0.15) is 11.5 Å². The van der Waals surface area contributed by atoms with Crippen molar-refractivity contribution in [3.05, 3.63) is 59.9 Å². The molecule has 31 heavy (non-hydrogen) atoms. The molecule has 0 bridgehead atoms. The van der Waals surface area contributed by atoms with Gasteiger partial charge in [0, 0.05) is 11.1 Å². The van der Waals surface area contributed by atoms with E-state index < -0.39 is 5.97 Å². The first-order chi connectivity index (χ1) is 15.0. The summed E-state index contributed by atoms with van der Waals surface area (Å²) in [6.45, 7) is -0.341. The van der Waals surface area contributed by atoms with E-state index in [0.717, 1.165) is 0 Å². The van der Waals surface area contributed by atoms with Gasteiger partial charge in [0.2, 0.25) is 5.75 Å². The van der Waals surface area contributed by atoms with E-state index in [1.807, 2.05) is 0 Å². The summed E-state index contributed by atoms with van der Waals surface area (Å²) in [5.41, 5.74) is 1.19. The second-order valence-electron chi connectivity index (χ2n) is 6.30. The molecule has 0 aliphatic carbocycles. The molecule has 0 aliphatic heterocycles. The van der Waals surface area contributed by atoms with Gasteiger partial charge in [-0.2, -0.15) is 0 Å². The lowest BCUT2D eigenvalue weighted by Gasteiger charge is -2.15. The highest BCUT2D eigenvalue weighted by Gasteiger charge is 2.22. The summed E-state index contributed by atoms with van der Waals surface area (Å²) in [5, 5.41) is 0. The molecule has 1 aromatic heterocycles. The van der Waals surface area contributed by atoms with Crippen LogP contribution in [0.2, 0.25) is 0 Å². The van der Waals surface area contributed by atoms with Crippen molar-refractivity contribution >= 4 is 11.8 Å². The van der Waals surface area contributed by atoms with Crippen molar-refractivity contribution in [2.75, 3.05) is 35.0 Å². The number of hydrogen-bond donors (Lipinski definition) is 0. The van der Waals surface area contributed by atoms with Gasteiger partial charge < -0.3 is 28.1 Å². The van der Waals surface area contributed by atoms with Gasteiger partial charge in [-0.1, -0.05) is 0 Å². The lowest BCUT2D eigenvalue weighted by molar-refractivity contribution is -0.142. The van der Waals surface area contributed by atoms with Crippen molar-refractivity contribution in [1.82, 2.24) is 0 Å². The fraction of sp³-hybridized carbons (Fsp3) is 0.217. The van der Waals surface area contributed by atoms with Crippen LogP contribution in [-0.4, -0.2) is 46.8 Å². The highest BCUT2D eigenvalue weighted by atomic mass is 16.6. The molecular weight excluding hydrogens is 404 g/mol. The van der Waals surface area contributed by atoms with Crippen molar-refractivity contribution in [2.24, 2.45) is 0 Å². The van der Waals surface area contributed by atoms with Crippen LogP contribution in [0.5, 0.6) is 23.0 Å². The van der Waals surface area contributed by atoms with Gasteiger partial charge in [0.15, 0.2) is 23.9 Å². The second-order valence-corrected chi connectivity index (χ2v) is 6.30. The Balaban J connectivity index is 2.09. The number of furan rings is 1. The Bertz CT molecular complexity index is 1040. The van der Waals surface area contributed by atoms with Crippen molar-refractivity contribution in [3.63, 3.8) is 0 Å². The normalized spacial score (nSPS) is 10.3. The van der Waals surface area contributed by atoms with Crippen LogP contribution in [0.1, 0.15) is 15.9 Å². The molecule has 3 rings (SSSR count). The predicted molar refractivity (Wildman–Crippen MR) is 111 cm³/mol. The summed E-state index contributed by atoms with van der Waals surface area (Å²) in [7, 11) is 5.67. The van der Waals surface area contributed by atoms with E-state index in [-0.39, 0.29) is 29.3 Å². The molecule has 0 radical (unpaired) electrons. The average Bonchev–Trinajstić information content (AvgIpc) is 3.35. The number of benzene rings is 2. The van der Waals surface area contributed by atoms with Crippen LogP contribution in [0.3, 0.4) is 0 Å². The lowest BCUT2D eigenvalue weighted by Crippen LogP contribution is -2.15. The van der Waals surface area contributed by atoms with Gasteiger partial charge in [-0.15, -0.1) is 0 Å².